The summed E-state index contributed by atoms with van der Waals surface area (Å²) in [4.78, 5) is 22.5. The predicted molar refractivity (Wildman–Crippen MR) is 68.0 cm³/mol. The summed E-state index contributed by atoms with van der Waals surface area (Å²) in [6.07, 6.45) is 3.52. The summed E-state index contributed by atoms with van der Waals surface area (Å²) in [6.45, 7) is 5.19. The van der Waals surface area contributed by atoms with Crippen LogP contribution in [0.5, 0.6) is 0 Å². The molecule has 19 heavy (non-hydrogen) atoms. The maximum atomic E-state index is 11.7. The van der Waals surface area contributed by atoms with Crippen molar-refractivity contribution in [2.75, 3.05) is 19.8 Å². The van der Waals surface area contributed by atoms with Crippen molar-refractivity contribution in [2.45, 2.75) is 26.3 Å². The van der Waals surface area contributed by atoms with Crippen LogP contribution >= 0.6 is 0 Å². The average Bonchev–Trinajstić information content (AvgIpc) is 2.86. The van der Waals surface area contributed by atoms with Crippen LogP contribution in [0.4, 0.5) is 0 Å². The number of amides is 1. The smallest absolute Gasteiger partial charge is 0.328 e. The molecule has 0 fully saturated rings. The molecule has 7 nitrogen and oxygen atoms in total. The zero-order valence-corrected chi connectivity index (χ0v) is 11.1. The molecule has 2 N–H and O–H groups in total. The number of carboxylic acids is 1. The Balaban J connectivity index is 2.43. The number of nitrogens with one attached hydrogen (secondary N) is 1. The maximum Gasteiger partial charge on any atom is 0.328 e. The average molecular weight is 269 g/mol. The number of aromatic nitrogens is 2. The van der Waals surface area contributed by atoms with Gasteiger partial charge in [-0.3, -0.25) is 9.48 Å². The van der Waals surface area contributed by atoms with Crippen molar-refractivity contribution in [1.82, 2.24) is 15.1 Å². The van der Waals surface area contributed by atoms with Crippen LogP contribution in [0.1, 0.15) is 36.7 Å². The van der Waals surface area contributed by atoms with Crippen molar-refractivity contribution in [2.24, 2.45) is 0 Å². The number of hydrogen-bond donors (Lipinski definition) is 2. The summed E-state index contributed by atoms with van der Waals surface area (Å²) < 4.78 is 6.40. The molecule has 1 aromatic rings. The summed E-state index contributed by atoms with van der Waals surface area (Å²) in [7, 11) is 0. The van der Waals surface area contributed by atoms with Gasteiger partial charge in [0.1, 0.15) is 6.04 Å². The third-order valence-corrected chi connectivity index (χ3v) is 2.57. The minimum absolute atomic E-state index is 0.264. The second-order valence-corrected chi connectivity index (χ2v) is 4.03. The summed E-state index contributed by atoms with van der Waals surface area (Å²) in [5.74, 6) is -1.26. The van der Waals surface area contributed by atoms with Crippen LogP contribution in [0, 0.1) is 0 Å². The van der Waals surface area contributed by atoms with Crippen molar-refractivity contribution in [1.29, 1.82) is 0 Å². The number of hydrogen-bond acceptors (Lipinski definition) is 4. The van der Waals surface area contributed by atoms with E-state index in [2.05, 4.69) is 10.4 Å². The lowest BCUT2D eigenvalue weighted by atomic mass is 10.3. The van der Waals surface area contributed by atoms with Crippen LogP contribution in [0.15, 0.2) is 12.4 Å². The van der Waals surface area contributed by atoms with Gasteiger partial charge in [0.05, 0.1) is 11.8 Å². The Morgan fingerprint density at radius 2 is 2.32 bits per heavy atom. The van der Waals surface area contributed by atoms with Gasteiger partial charge >= 0.3 is 5.97 Å². The molecule has 0 bridgehead atoms. The van der Waals surface area contributed by atoms with E-state index in [0.29, 0.717) is 25.3 Å². The SMILES string of the molecule is CCOCCCNC(=O)c1cnn(C(C)C(=O)O)c1. The largest absolute Gasteiger partial charge is 0.480 e. The first-order valence-corrected chi connectivity index (χ1v) is 6.19. The Labute approximate surface area is 111 Å². The van der Waals surface area contributed by atoms with Crippen LogP contribution in [0.3, 0.4) is 0 Å². The highest BCUT2D eigenvalue weighted by atomic mass is 16.5. The van der Waals surface area contributed by atoms with Crippen molar-refractivity contribution in [3.05, 3.63) is 18.0 Å². The second kappa shape index (κ2) is 7.52. The lowest BCUT2D eigenvalue weighted by Gasteiger charge is -2.05. The molecule has 0 spiro atoms. The van der Waals surface area contributed by atoms with E-state index in [1.807, 2.05) is 6.92 Å². The minimum atomic E-state index is -0.994. The molecule has 0 aromatic carbocycles. The van der Waals surface area contributed by atoms with Gasteiger partial charge in [0.15, 0.2) is 0 Å². The molecule has 0 aliphatic carbocycles. The van der Waals surface area contributed by atoms with Gasteiger partial charge < -0.3 is 15.2 Å². The number of ether oxygens (including phenoxy) is 1. The Hall–Kier alpha value is -1.89. The van der Waals surface area contributed by atoms with Gasteiger partial charge in [-0.2, -0.15) is 5.10 Å². The Bertz CT molecular complexity index is 430. The fourth-order valence-corrected chi connectivity index (χ4v) is 1.40. The lowest BCUT2D eigenvalue weighted by Crippen LogP contribution is -2.25. The molecule has 0 aliphatic heterocycles. The first kappa shape index (κ1) is 15.2. The number of carbonyl (C=O) groups excluding carboxylic acids is 1. The molecule has 0 radical (unpaired) electrons. The van der Waals surface area contributed by atoms with Gasteiger partial charge in [-0.15, -0.1) is 0 Å². The highest BCUT2D eigenvalue weighted by Gasteiger charge is 2.16. The van der Waals surface area contributed by atoms with Gasteiger partial charge in [-0.25, -0.2) is 4.79 Å². The normalized spacial score (nSPS) is 12.1. The molecule has 7 heteroatoms. The van der Waals surface area contributed by atoms with Crippen molar-refractivity contribution in [3.63, 3.8) is 0 Å². The third-order valence-electron chi connectivity index (χ3n) is 2.57. The predicted octanol–water partition coefficient (Wildman–Crippen LogP) is 0.685. The quantitative estimate of drug-likeness (QED) is 0.677. The van der Waals surface area contributed by atoms with Gasteiger partial charge in [0.2, 0.25) is 0 Å². The maximum absolute atomic E-state index is 11.7. The molecule has 1 rings (SSSR count). The Morgan fingerprint density at radius 1 is 1.58 bits per heavy atom. The zero-order chi connectivity index (χ0) is 14.3. The fourth-order valence-electron chi connectivity index (χ4n) is 1.40. The Morgan fingerprint density at radius 3 is 2.95 bits per heavy atom. The standard InChI is InChI=1S/C12H19N3O4/c1-3-19-6-4-5-13-11(16)10-7-14-15(8-10)9(2)12(17)18/h7-9H,3-6H2,1-2H3,(H,13,16)(H,17,18). The highest BCUT2D eigenvalue weighted by molar-refractivity contribution is 5.93. The zero-order valence-electron chi connectivity index (χ0n) is 11.1. The van der Waals surface area contributed by atoms with E-state index in [4.69, 9.17) is 9.84 Å². The minimum Gasteiger partial charge on any atom is -0.480 e. The topological polar surface area (TPSA) is 93.5 Å². The molecule has 0 aliphatic rings. The van der Waals surface area contributed by atoms with Crippen LogP contribution in [0.25, 0.3) is 0 Å². The van der Waals surface area contributed by atoms with E-state index in [9.17, 15) is 9.59 Å². The monoisotopic (exact) mass is 269 g/mol. The lowest BCUT2D eigenvalue weighted by molar-refractivity contribution is -0.140. The Kier molecular flexibility index (Phi) is 6.01. The molecule has 1 heterocycles. The van der Waals surface area contributed by atoms with Crippen molar-refractivity contribution in [3.8, 4) is 0 Å². The molecule has 1 aromatic heterocycles. The van der Waals surface area contributed by atoms with Crippen LogP contribution in [-0.2, 0) is 9.53 Å². The number of carbonyl (C=O) groups is 2. The van der Waals surface area contributed by atoms with Gasteiger partial charge in [0.25, 0.3) is 5.91 Å². The third kappa shape index (κ3) is 4.70. The van der Waals surface area contributed by atoms with Crippen molar-refractivity contribution < 1.29 is 19.4 Å². The van der Waals surface area contributed by atoms with Gasteiger partial charge in [0, 0.05) is 26.0 Å². The summed E-state index contributed by atoms with van der Waals surface area (Å²) >= 11 is 0. The number of aliphatic carboxylic acids is 1. The van der Waals surface area contributed by atoms with E-state index < -0.39 is 12.0 Å². The second-order valence-electron chi connectivity index (χ2n) is 4.03. The molecule has 0 saturated carbocycles. The van der Waals surface area contributed by atoms with E-state index in [1.54, 1.807) is 0 Å². The van der Waals surface area contributed by atoms with E-state index >= 15 is 0 Å². The van der Waals surface area contributed by atoms with Crippen LogP contribution < -0.4 is 5.32 Å². The fraction of sp³-hybridized carbons (Fsp3) is 0.583. The summed E-state index contributed by atoms with van der Waals surface area (Å²) in [6, 6.07) is -0.792. The van der Waals surface area contributed by atoms with E-state index in [1.165, 1.54) is 24.0 Å². The van der Waals surface area contributed by atoms with E-state index in [0.717, 1.165) is 6.42 Å². The summed E-state index contributed by atoms with van der Waals surface area (Å²) in [5.41, 5.74) is 0.351. The number of nitrogens with zero attached hydrogens (tertiary/aromatic N) is 2. The first-order chi connectivity index (χ1) is 9.06. The van der Waals surface area contributed by atoms with Gasteiger partial charge in [-0.1, -0.05) is 0 Å². The molecular weight excluding hydrogens is 250 g/mol. The van der Waals surface area contributed by atoms with E-state index in [-0.39, 0.29) is 5.91 Å². The highest BCUT2D eigenvalue weighted by Crippen LogP contribution is 2.06. The molecule has 0 saturated heterocycles. The summed E-state index contributed by atoms with van der Waals surface area (Å²) in [5, 5.41) is 15.4. The first-order valence-electron chi connectivity index (χ1n) is 6.19. The van der Waals surface area contributed by atoms with Crippen LogP contribution in [0.2, 0.25) is 0 Å². The van der Waals surface area contributed by atoms with Gasteiger partial charge in [-0.05, 0) is 20.3 Å². The number of rotatable bonds is 8. The molecule has 1 unspecified atom stereocenters. The van der Waals surface area contributed by atoms with Crippen LogP contribution in [-0.4, -0.2) is 46.5 Å². The van der Waals surface area contributed by atoms with Crippen molar-refractivity contribution >= 4 is 11.9 Å². The molecule has 106 valence electrons. The molecular formula is C12H19N3O4. The number of carboxylic acid groups (broad SMARTS) is 1. The molecule has 1 atom stereocenters. The molecule has 1 amide bonds.